The van der Waals surface area contributed by atoms with E-state index in [1.165, 1.54) is 0 Å². The summed E-state index contributed by atoms with van der Waals surface area (Å²) in [6.45, 7) is 0.870. The molecule has 4 heteroatoms. The predicted octanol–water partition coefficient (Wildman–Crippen LogP) is 3.09. The molecule has 1 heterocycles. The maximum Gasteiger partial charge on any atom is 0.337 e. The van der Waals surface area contributed by atoms with E-state index in [9.17, 15) is 9.90 Å². The third kappa shape index (κ3) is 2.47. The monoisotopic (exact) mass is 249 g/mol. The second kappa shape index (κ2) is 5.27. The van der Waals surface area contributed by atoms with Crippen LogP contribution < -0.4 is 0 Å². The van der Waals surface area contributed by atoms with Crippen molar-refractivity contribution in [3.05, 3.63) is 36.0 Å². The third-order valence-corrected chi connectivity index (χ3v) is 3.46. The topological polar surface area (TPSA) is 42.2 Å². The van der Waals surface area contributed by atoms with Gasteiger partial charge in [-0.1, -0.05) is 12.1 Å². The first-order valence-electron chi connectivity index (χ1n) is 5.54. The summed E-state index contributed by atoms with van der Waals surface area (Å²) >= 11 is 1.81. The van der Waals surface area contributed by atoms with Gasteiger partial charge < -0.3 is 9.67 Å². The molecule has 3 nitrogen and oxygen atoms in total. The fraction of sp³-hybridized carbons (Fsp3) is 0.308. The summed E-state index contributed by atoms with van der Waals surface area (Å²) in [5, 5.41) is 10.2. The lowest BCUT2D eigenvalue weighted by molar-refractivity contribution is 0.0698. The number of hydrogen-bond acceptors (Lipinski definition) is 2. The molecule has 1 aromatic heterocycles. The van der Waals surface area contributed by atoms with Gasteiger partial charge in [0.1, 0.15) is 0 Å². The zero-order valence-electron chi connectivity index (χ0n) is 9.72. The van der Waals surface area contributed by atoms with E-state index in [1.807, 2.05) is 34.7 Å². The molecule has 0 saturated carbocycles. The normalized spacial score (nSPS) is 10.9. The molecule has 90 valence electrons. The number of nitrogens with zero attached hydrogens (tertiary/aromatic N) is 1. The molecule has 0 spiro atoms. The molecule has 0 radical (unpaired) electrons. The summed E-state index contributed by atoms with van der Waals surface area (Å²) in [5.41, 5.74) is 1.22. The number of carbonyl (C=O) groups is 1. The first-order valence-corrected chi connectivity index (χ1v) is 6.93. The standard InChI is InChI=1S/C13H15NO2S/c1-17-9-3-7-14-8-6-10-4-2-5-11(12(10)14)13(15)16/h2,4-6,8H,3,7,9H2,1H3,(H,15,16). The van der Waals surface area contributed by atoms with Crippen LogP contribution in [0.5, 0.6) is 0 Å². The van der Waals surface area contributed by atoms with Crippen molar-refractivity contribution in [3.63, 3.8) is 0 Å². The van der Waals surface area contributed by atoms with Crippen LogP contribution in [0.15, 0.2) is 30.5 Å². The smallest absolute Gasteiger partial charge is 0.337 e. The van der Waals surface area contributed by atoms with Crippen molar-refractivity contribution in [1.82, 2.24) is 4.57 Å². The predicted molar refractivity (Wildman–Crippen MR) is 71.9 cm³/mol. The van der Waals surface area contributed by atoms with Crippen molar-refractivity contribution in [2.24, 2.45) is 0 Å². The van der Waals surface area contributed by atoms with Crippen LogP contribution in [-0.2, 0) is 6.54 Å². The number of aromatic carboxylic acids is 1. The van der Waals surface area contributed by atoms with E-state index < -0.39 is 5.97 Å². The highest BCUT2D eigenvalue weighted by Gasteiger charge is 2.11. The van der Waals surface area contributed by atoms with Gasteiger partial charge in [-0.25, -0.2) is 4.79 Å². The number of hydrogen-bond donors (Lipinski definition) is 1. The number of carboxylic acids is 1. The largest absolute Gasteiger partial charge is 0.478 e. The van der Waals surface area contributed by atoms with Gasteiger partial charge in [-0.15, -0.1) is 0 Å². The molecule has 0 atom stereocenters. The third-order valence-electron chi connectivity index (χ3n) is 2.77. The Morgan fingerprint density at radius 1 is 1.41 bits per heavy atom. The number of carboxylic acid groups (broad SMARTS) is 1. The summed E-state index contributed by atoms with van der Waals surface area (Å²) in [6.07, 6.45) is 5.10. The summed E-state index contributed by atoms with van der Waals surface area (Å²) in [5.74, 6) is 0.231. The Morgan fingerprint density at radius 3 is 2.94 bits per heavy atom. The first-order chi connectivity index (χ1) is 8.24. The number of aryl methyl sites for hydroxylation is 1. The highest BCUT2D eigenvalue weighted by Crippen LogP contribution is 2.21. The minimum atomic E-state index is -0.861. The molecular weight excluding hydrogens is 234 g/mol. The van der Waals surface area contributed by atoms with Crippen molar-refractivity contribution >= 4 is 28.6 Å². The summed E-state index contributed by atoms with van der Waals surface area (Å²) in [7, 11) is 0. The number of benzene rings is 1. The Bertz CT molecular complexity index is 533. The fourth-order valence-corrected chi connectivity index (χ4v) is 2.42. The molecule has 0 aliphatic heterocycles. The van der Waals surface area contributed by atoms with Crippen LogP contribution in [0.25, 0.3) is 10.9 Å². The Labute approximate surface area is 104 Å². The fourth-order valence-electron chi connectivity index (χ4n) is 2.00. The summed E-state index contributed by atoms with van der Waals surface area (Å²) in [4.78, 5) is 11.2. The van der Waals surface area contributed by atoms with Crippen LogP contribution in [0, 0.1) is 0 Å². The van der Waals surface area contributed by atoms with Crippen LogP contribution >= 0.6 is 11.8 Å². The van der Waals surface area contributed by atoms with Gasteiger partial charge in [0.2, 0.25) is 0 Å². The zero-order chi connectivity index (χ0) is 12.3. The molecule has 0 amide bonds. The lowest BCUT2D eigenvalue weighted by Crippen LogP contribution is -2.03. The number of fused-ring (bicyclic) bond motifs is 1. The second-order valence-corrected chi connectivity index (χ2v) is 4.89. The first kappa shape index (κ1) is 12.0. The van der Waals surface area contributed by atoms with E-state index in [0.29, 0.717) is 5.56 Å². The highest BCUT2D eigenvalue weighted by atomic mass is 32.2. The molecule has 0 bridgehead atoms. The molecule has 0 aliphatic carbocycles. The van der Waals surface area contributed by atoms with Crippen LogP contribution in [0.1, 0.15) is 16.8 Å². The summed E-state index contributed by atoms with van der Waals surface area (Å²) in [6, 6.07) is 7.38. The quantitative estimate of drug-likeness (QED) is 0.828. The summed E-state index contributed by atoms with van der Waals surface area (Å²) < 4.78 is 2.04. The molecular formula is C13H15NO2S. The van der Waals surface area contributed by atoms with Gasteiger partial charge >= 0.3 is 5.97 Å². The lowest BCUT2D eigenvalue weighted by Gasteiger charge is -2.07. The Hall–Kier alpha value is -1.42. The Kier molecular flexibility index (Phi) is 3.74. The molecule has 2 rings (SSSR count). The Balaban J connectivity index is 2.39. The highest BCUT2D eigenvalue weighted by molar-refractivity contribution is 7.98. The average molecular weight is 249 g/mol. The van der Waals surface area contributed by atoms with Crippen molar-refractivity contribution in [2.45, 2.75) is 13.0 Å². The van der Waals surface area contributed by atoms with E-state index >= 15 is 0 Å². The Morgan fingerprint density at radius 2 is 2.24 bits per heavy atom. The van der Waals surface area contributed by atoms with Gasteiger partial charge in [0, 0.05) is 18.1 Å². The van der Waals surface area contributed by atoms with Gasteiger partial charge in [-0.2, -0.15) is 11.8 Å². The average Bonchev–Trinajstić information content (AvgIpc) is 2.73. The van der Waals surface area contributed by atoms with Crippen molar-refractivity contribution in [2.75, 3.05) is 12.0 Å². The molecule has 2 aromatic rings. The lowest BCUT2D eigenvalue weighted by atomic mass is 10.1. The molecule has 17 heavy (non-hydrogen) atoms. The van der Waals surface area contributed by atoms with Crippen molar-refractivity contribution in [1.29, 1.82) is 0 Å². The minimum absolute atomic E-state index is 0.386. The number of rotatable bonds is 5. The van der Waals surface area contributed by atoms with E-state index in [4.69, 9.17) is 0 Å². The van der Waals surface area contributed by atoms with Gasteiger partial charge in [0.25, 0.3) is 0 Å². The minimum Gasteiger partial charge on any atom is -0.478 e. The number of para-hydroxylation sites is 1. The number of thioether (sulfide) groups is 1. The SMILES string of the molecule is CSCCCn1ccc2cccc(C(=O)O)c21. The van der Waals surface area contributed by atoms with Crippen LogP contribution in [0.4, 0.5) is 0 Å². The van der Waals surface area contributed by atoms with Gasteiger partial charge in [-0.3, -0.25) is 0 Å². The molecule has 0 unspecified atom stereocenters. The molecule has 0 aliphatic rings. The van der Waals surface area contributed by atoms with Crippen LogP contribution in [-0.4, -0.2) is 27.7 Å². The van der Waals surface area contributed by atoms with E-state index in [-0.39, 0.29) is 0 Å². The van der Waals surface area contributed by atoms with Gasteiger partial charge in [0.15, 0.2) is 0 Å². The van der Waals surface area contributed by atoms with Crippen LogP contribution in [0.2, 0.25) is 0 Å². The molecule has 1 aromatic carbocycles. The van der Waals surface area contributed by atoms with E-state index in [1.54, 1.807) is 12.1 Å². The molecule has 0 fully saturated rings. The maximum atomic E-state index is 11.2. The molecule has 0 saturated heterocycles. The van der Waals surface area contributed by atoms with Crippen LogP contribution in [0.3, 0.4) is 0 Å². The van der Waals surface area contributed by atoms with Gasteiger partial charge in [-0.05, 0) is 30.6 Å². The molecule has 1 N–H and O–H groups in total. The number of aromatic nitrogens is 1. The zero-order valence-corrected chi connectivity index (χ0v) is 10.5. The maximum absolute atomic E-state index is 11.2. The van der Waals surface area contributed by atoms with Gasteiger partial charge in [0.05, 0.1) is 11.1 Å². The van der Waals surface area contributed by atoms with E-state index in [2.05, 4.69) is 6.26 Å². The second-order valence-electron chi connectivity index (χ2n) is 3.90. The van der Waals surface area contributed by atoms with E-state index in [0.717, 1.165) is 29.6 Å². The van der Waals surface area contributed by atoms with Crippen molar-refractivity contribution < 1.29 is 9.90 Å². The van der Waals surface area contributed by atoms with Crippen molar-refractivity contribution in [3.8, 4) is 0 Å².